The molecule has 2 amide bonds. The minimum Gasteiger partial charge on any atom is -0.375 e. The fourth-order valence-electron chi connectivity index (χ4n) is 1.62. The van der Waals surface area contributed by atoms with Gasteiger partial charge in [0.15, 0.2) is 0 Å². The molecule has 3 N–H and O–H groups in total. The Kier molecular flexibility index (Phi) is 5.51. The number of nitrogens with one attached hydrogen (secondary N) is 1. The topological polar surface area (TPSA) is 105 Å². The predicted molar refractivity (Wildman–Crippen MR) is 67.9 cm³/mol. The molecule has 1 aromatic rings. The first kappa shape index (κ1) is 14.7. The molecule has 0 aliphatic rings. The van der Waals surface area contributed by atoms with Crippen LogP contribution in [0.15, 0.2) is 24.3 Å². The quantitative estimate of drug-likeness (QED) is 0.734. The minimum absolute atomic E-state index is 0.149. The Morgan fingerprint density at radius 1 is 1.47 bits per heavy atom. The molecule has 6 heteroatoms. The van der Waals surface area contributed by atoms with E-state index in [4.69, 9.17) is 11.0 Å². The first-order valence-corrected chi connectivity index (χ1v) is 5.64. The summed E-state index contributed by atoms with van der Waals surface area (Å²) in [5, 5.41) is 11.4. The van der Waals surface area contributed by atoms with Crippen LogP contribution in [0.5, 0.6) is 0 Å². The summed E-state index contributed by atoms with van der Waals surface area (Å²) in [6.07, 6.45) is 0.175. The third-order valence-electron chi connectivity index (χ3n) is 2.52. The second-order valence-corrected chi connectivity index (χ2v) is 3.93. The molecule has 0 radical (unpaired) electrons. The third-order valence-corrected chi connectivity index (χ3v) is 2.52. The van der Waals surface area contributed by atoms with E-state index in [9.17, 15) is 9.59 Å². The van der Waals surface area contributed by atoms with E-state index in [1.54, 1.807) is 24.3 Å². The number of carbonyl (C=O) groups excluding carboxylic acids is 2. The van der Waals surface area contributed by atoms with Crippen LogP contribution in [0.2, 0.25) is 0 Å². The number of primary amides is 1. The van der Waals surface area contributed by atoms with Crippen LogP contribution in [0.3, 0.4) is 0 Å². The van der Waals surface area contributed by atoms with Crippen LogP contribution in [0.1, 0.15) is 11.1 Å². The van der Waals surface area contributed by atoms with Crippen LogP contribution in [0.25, 0.3) is 0 Å². The molecule has 0 aliphatic heterocycles. The maximum absolute atomic E-state index is 11.4. The van der Waals surface area contributed by atoms with E-state index in [0.29, 0.717) is 11.1 Å². The van der Waals surface area contributed by atoms with Crippen molar-refractivity contribution in [3.05, 3.63) is 35.4 Å². The van der Waals surface area contributed by atoms with Crippen molar-refractivity contribution in [2.24, 2.45) is 5.73 Å². The zero-order chi connectivity index (χ0) is 14.3. The van der Waals surface area contributed by atoms with Gasteiger partial charge >= 0.3 is 0 Å². The second kappa shape index (κ2) is 7.13. The lowest BCUT2D eigenvalue weighted by molar-refractivity contribution is -0.129. The number of carbonyl (C=O) groups is 2. The van der Waals surface area contributed by atoms with E-state index < -0.39 is 17.9 Å². The summed E-state index contributed by atoms with van der Waals surface area (Å²) in [7, 11) is 1.38. The number of nitrogens with two attached hydrogens (primary N) is 1. The molecule has 0 unspecified atom stereocenters. The lowest BCUT2D eigenvalue weighted by Crippen LogP contribution is -2.47. The van der Waals surface area contributed by atoms with E-state index in [0.717, 1.165) is 0 Å². The van der Waals surface area contributed by atoms with E-state index in [1.165, 1.54) is 7.11 Å². The van der Waals surface area contributed by atoms with Crippen LogP contribution in [0.4, 0.5) is 0 Å². The molecule has 0 aliphatic carbocycles. The summed E-state index contributed by atoms with van der Waals surface area (Å²) in [6, 6.07) is 8.01. The largest absolute Gasteiger partial charge is 0.375 e. The van der Waals surface area contributed by atoms with Gasteiger partial charge in [0.25, 0.3) is 0 Å². The summed E-state index contributed by atoms with van der Waals surface area (Å²) in [5.74, 6) is -1.09. The monoisotopic (exact) mass is 261 g/mol. The van der Waals surface area contributed by atoms with Crippen LogP contribution in [-0.2, 0) is 20.7 Å². The predicted octanol–water partition coefficient (Wildman–Crippen LogP) is -0.283. The van der Waals surface area contributed by atoms with Crippen LogP contribution in [-0.4, -0.2) is 31.6 Å². The molecule has 0 fully saturated rings. The summed E-state index contributed by atoms with van der Waals surface area (Å²) < 4.78 is 4.66. The number of methoxy groups -OCH3 is 1. The molecule has 0 bridgehead atoms. The number of amides is 2. The Balaban J connectivity index is 2.82. The summed E-state index contributed by atoms with van der Waals surface area (Å²) >= 11 is 0. The Morgan fingerprint density at radius 3 is 2.74 bits per heavy atom. The standard InChI is InChI=1S/C13H15N3O3/c1-19-8-12(17)16-11(13(15)18)6-9-4-2-3-5-10(9)7-14/h2-5,11H,6,8H2,1H3,(H2,15,18)(H,16,17)/t11-/m1/s1. The summed E-state index contributed by atoms with van der Waals surface area (Å²) in [4.78, 5) is 22.7. The molecular formula is C13H15N3O3. The smallest absolute Gasteiger partial charge is 0.246 e. The first-order chi connectivity index (χ1) is 9.08. The second-order valence-electron chi connectivity index (χ2n) is 3.93. The summed E-state index contributed by atoms with van der Waals surface area (Å²) in [6.45, 7) is -0.149. The zero-order valence-corrected chi connectivity index (χ0v) is 10.6. The minimum atomic E-state index is -0.864. The van der Waals surface area contributed by atoms with Crippen molar-refractivity contribution in [2.45, 2.75) is 12.5 Å². The highest BCUT2D eigenvalue weighted by molar-refractivity contribution is 5.87. The molecule has 0 spiro atoms. The molecule has 1 rings (SSSR count). The highest BCUT2D eigenvalue weighted by Crippen LogP contribution is 2.10. The number of rotatable bonds is 6. The van der Waals surface area contributed by atoms with E-state index in [2.05, 4.69) is 10.1 Å². The molecule has 0 aromatic heterocycles. The number of ether oxygens (including phenoxy) is 1. The van der Waals surface area contributed by atoms with Gasteiger partial charge in [-0.2, -0.15) is 5.26 Å². The number of nitrogens with zero attached hydrogens (tertiary/aromatic N) is 1. The van der Waals surface area contributed by atoms with Gasteiger partial charge in [0.2, 0.25) is 11.8 Å². The average Bonchev–Trinajstić information content (AvgIpc) is 2.38. The Hall–Kier alpha value is -2.39. The average molecular weight is 261 g/mol. The molecule has 1 atom stereocenters. The van der Waals surface area contributed by atoms with Gasteiger partial charge in [-0.3, -0.25) is 9.59 Å². The Bertz CT molecular complexity index is 508. The Morgan fingerprint density at radius 2 is 2.16 bits per heavy atom. The molecule has 19 heavy (non-hydrogen) atoms. The van der Waals surface area contributed by atoms with E-state index in [-0.39, 0.29) is 13.0 Å². The number of benzene rings is 1. The molecule has 0 saturated heterocycles. The first-order valence-electron chi connectivity index (χ1n) is 5.64. The van der Waals surface area contributed by atoms with Gasteiger partial charge in [-0.15, -0.1) is 0 Å². The van der Waals surface area contributed by atoms with Crippen molar-refractivity contribution >= 4 is 11.8 Å². The maximum Gasteiger partial charge on any atom is 0.246 e. The molecular weight excluding hydrogens is 246 g/mol. The lowest BCUT2D eigenvalue weighted by atomic mass is 10.0. The van der Waals surface area contributed by atoms with Crippen LogP contribution >= 0.6 is 0 Å². The maximum atomic E-state index is 11.4. The van der Waals surface area contributed by atoms with Crippen molar-refractivity contribution < 1.29 is 14.3 Å². The van der Waals surface area contributed by atoms with Crippen LogP contribution in [0, 0.1) is 11.3 Å². The lowest BCUT2D eigenvalue weighted by Gasteiger charge is -2.15. The van der Waals surface area contributed by atoms with Crippen molar-refractivity contribution in [2.75, 3.05) is 13.7 Å². The van der Waals surface area contributed by atoms with Gasteiger partial charge in [0.05, 0.1) is 11.6 Å². The number of hydrogen-bond donors (Lipinski definition) is 2. The van der Waals surface area contributed by atoms with E-state index >= 15 is 0 Å². The fraction of sp³-hybridized carbons (Fsp3) is 0.308. The van der Waals surface area contributed by atoms with Crippen molar-refractivity contribution in [1.29, 1.82) is 5.26 Å². The van der Waals surface area contributed by atoms with Gasteiger partial charge in [0.1, 0.15) is 12.6 Å². The molecule has 0 saturated carbocycles. The van der Waals surface area contributed by atoms with Gasteiger partial charge in [-0.1, -0.05) is 18.2 Å². The van der Waals surface area contributed by atoms with Crippen molar-refractivity contribution in [3.8, 4) is 6.07 Å². The highest BCUT2D eigenvalue weighted by Gasteiger charge is 2.19. The van der Waals surface area contributed by atoms with Crippen molar-refractivity contribution in [1.82, 2.24) is 5.32 Å². The van der Waals surface area contributed by atoms with Crippen LogP contribution < -0.4 is 11.1 Å². The SMILES string of the molecule is COCC(=O)N[C@H](Cc1ccccc1C#N)C(N)=O. The fourth-order valence-corrected chi connectivity index (χ4v) is 1.62. The van der Waals surface area contributed by atoms with E-state index in [1.807, 2.05) is 6.07 Å². The normalized spacial score (nSPS) is 11.4. The van der Waals surface area contributed by atoms with Crippen molar-refractivity contribution in [3.63, 3.8) is 0 Å². The van der Waals surface area contributed by atoms with Gasteiger partial charge < -0.3 is 15.8 Å². The molecule has 100 valence electrons. The molecule has 0 heterocycles. The highest BCUT2D eigenvalue weighted by atomic mass is 16.5. The third kappa shape index (κ3) is 4.41. The molecule has 1 aromatic carbocycles. The van der Waals surface area contributed by atoms with Gasteiger partial charge in [-0.05, 0) is 11.6 Å². The Labute approximate surface area is 111 Å². The van der Waals surface area contributed by atoms with Gasteiger partial charge in [-0.25, -0.2) is 0 Å². The number of hydrogen-bond acceptors (Lipinski definition) is 4. The number of nitriles is 1. The zero-order valence-electron chi connectivity index (χ0n) is 10.6. The summed E-state index contributed by atoms with van der Waals surface area (Å²) in [5.41, 5.74) is 6.36. The van der Waals surface area contributed by atoms with Gasteiger partial charge in [0, 0.05) is 13.5 Å². The molecule has 6 nitrogen and oxygen atoms in total.